The van der Waals surface area contributed by atoms with E-state index in [-0.39, 0.29) is 11.9 Å². The third-order valence-electron chi connectivity index (χ3n) is 4.71. The van der Waals surface area contributed by atoms with Crippen molar-refractivity contribution in [2.75, 3.05) is 13.2 Å². The highest BCUT2D eigenvalue weighted by Gasteiger charge is 2.31. The molecule has 0 unspecified atom stereocenters. The van der Waals surface area contributed by atoms with Crippen LogP contribution in [-0.4, -0.2) is 43.5 Å². The van der Waals surface area contributed by atoms with Gasteiger partial charge in [0.15, 0.2) is 0 Å². The number of rotatable bonds is 5. The molecule has 0 spiro atoms. The number of nitrogens with zero attached hydrogens (tertiary/aromatic N) is 5. The maximum absolute atomic E-state index is 12.9. The van der Waals surface area contributed by atoms with Crippen LogP contribution in [0, 0.1) is 0 Å². The van der Waals surface area contributed by atoms with E-state index in [2.05, 4.69) is 15.1 Å². The number of hydrogen-bond donors (Lipinski definition) is 0. The third kappa shape index (κ3) is 3.12. The van der Waals surface area contributed by atoms with Crippen molar-refractivity contribution in [3.8, 4) is 5.75 Å². The molecule has 0 radical (unpaired) electrons. The summed E-state index contributed by atoms with van der Waals surface area (Å²) in [4.78, 5) is 23.2. The van der Waals surface area contributed by atoms with E-state index in [1.807, 2.05) is 42.2 Å². The van der Waals surface area contributed by atoms with Crippen LogP contribution < -0.4 is 4.74 Å². The van der Waals surface area contributed by atoms with Gasteiger partial charge in [0.05, 0.1) is 24.8 Å². The van der Waals surface area contributed by atoms with Gasteiger partial charge in [0.25, 0.3) is 5.78 Å². The van der Waals surface area contributed by atoms with Crippen molar-refractivity contribution < 1.29 is 9.53 Å². The van der Waals surface area contributed by atoms with E-state index in [0.717, 1.165) is 36.4 Å². The highest BCUT2D eigenvalue weighted by atomic mass is 16.5. The van der Waals surface area contributed by atoms with Crippen molar-refractivity contribution in [1.82, 2.24) is 24.5 Å². The Morgan fingerprint density at radius 2 is 2.08 bits per heavy atom. The van der Waals surface area contributed by atoms with Crippen LogP contribution in [0.5, 0.6) is 5.75 Å². The molecule has 1 atom stereocenters. The fourth-order valence-corrected chi connectivity index (χ4v) is 3.53. The molecule has 0 bridgehead atoms. The number of ether oxygens (including phenoxy) is 1. The fourth-order valence-electron chi connectivity index (χ4n) is 3.53. The molecule has 1 aromatic carbocycles. The lowest BCUT2D eigenvalue weighted by Crippen LogP contribution is -2.32. The molecule has 7 heteroatoms. The van der Waals surface area contributed by atoms with Gasteiger partial charge >= 0.3 is 0 Å². The molecule has 1 aliphatic rings. The van der Waals surface area contributed by atoms with Gasteiger partial charge in [-0.2, -0.15) is 14.6 Å². The van der Waals surface area contributed by atoms with Crippen LogP contribution in [0.4, 0.5) is 0 Å². The lowest BCUT2D eigenvalue weighted by Gasteiger charge is -2.25. The van der Waals surface area contributed by atoms with Crippen molar-refractivity contribution in [2.45, 2.75) is 32.2 Å². The van der Waals surface area contributed by atoms with Crippen LogP contribution in [0.2, 0.25) is 0 Å². The first kappa shape index (κ1) is 16.5. The summed E-state index contributed by atoms with van der Waals surface area (Å²) in [5.41, 5.74) is 1.95. The Bertz CT molecular complexity index is 906. The molecule has 0 aliphatic carbocycles. The molecular weight excluding hydrogens is 330 g/mol. The average Bonchev–Trinajstić information content (AvgIpc) is 3.32. The number of fused-ring (bicyclic) bond motifs is 1. The van der Waals surface area contributed by atoms with Crippen LogP contribution in [0.15, 0.2) is 42.9 Å². The number of amides is 1. The molecule has 3 heterocycles. The fraction of sp³-hybridized carbons (Fsp3) is 0.368. The second kappa shape index (κ2) is 7.11. The van der Waals surface area contributed by atoms with Gasteiger partial charge < -0.3 is 9.64 Å². The van der Waals surface area contributed by atoms with Crippen molar-refractivity contribution in [3.05, 3.63) is 54.1 Å². The Balaban J connectivity index is 1.52. The largest absolute Gasteiger partial charge is 0.494 e. The Morgan fingerprint density at radius 3 is 2.88 bits per heavy atom. The van der Waals surface area contributed by atoms with E-state index >= 15 is 0 Å². The summed E-state index contributed by atoms with van der Waals surface area (Å²) in [6, 6.07) is 9.67. The molecule has 2 aromatic heterocycles. The lowest BCUT2D eigenvalue weighted by atomic mass is 10.1. The SMILES string of the molecule is CCOc1ccc(CC(=O)N2CCC[C@@H]2c2ccnc3ncnn23)cc1. The monoisotopic (exact) mass is 351 g/mol. The van der Waals surface area contributed by atoms with E-state index < -0.39 is 0 Å². The van der Waals surface area contributed by atoms with Gasteiger partial charge in [-0.25, -0.2) is 4.98 Å². The number of carbonyl (C=O) groups excluding carboxylic acids is 1. The Hall–Kier alpha value is -2.96. The van der Waals surface area contributed by atoms with Gasteiger partial charge in [-0.3, -0.25) is 4.79 Å². The van der Waals surface area contributed by atoms with Gasteiger partial charge in [0, 0.05) is 12.7 Å². The second-order valence-electron chi connectivity index (χ2n) is 6.34. The summed E-state index contributed by atoms with van der Waals surface area (Å²) in [5, 5.41) is 4.26. The normalized spacial score (nSPS) is 17.0. The van der Waals surface area contributed by atoms with Crippen LogP contribution in [0.25, 0.3) is 5.78 Å². The number of aromatic nitrogens is 4. The Labute approximate surface area is 151 Å². The molecule has 1 amide bonds. The summed E-state index contributed by atoms with van der Waals surface area (Å²) < 4.78 is 7.19. The summed E-state index contributed by atoms with van der Waals surface area (Å²) in [7, 11) is 0. The first-order valence-electron chi connectivity index (χ1n) is 8.92. The van der Waals surface area contributed by atoms with Gasteiger partial charge in [-0.05, 0) is 43.5 Å². The number of likely N-dealkylation sites (tertiary alicyclic amines) is 1. The van der Waals surface area contributed by atoms with Crippen molar-refractivity contribution >= 4 is 11.7 Å². The van der Waals surface area contributed by atoms with E-state index in [4.69, 9.17) is 4.74 Å². The van der Waals surface area contributed by atoms with Gasteiger partial charge in [0.1, 0.15) is 12.1 Å². The van der Waals surface area contributed by atoms with E-state index in [0.29, 0.717) is 18.8 Å². The van der Waals surface area contributed by atoms with Crippen molar-refractivity contribution in [3.63, 3.8) is 0 Å². The zero-order valence-corrected chi connectivity index (χ0v) is 14.7. The van der Waals surface area contributed by atoms with Crippen LogP contribution in [-0.2, 0) is 11.2 Å². The standard InChI is InChI=1S/C19H21N5O2/c1-2-26-15-7-5-14(6-8-15)12-18(25)23-11-3-4-16(23)17-9-10-20-19-21-13-22-24(17)19/h5-10,13,16H,2-4,11-12H2,1H3/t16-/m1/s1. The maximum Gasteiger partial charge on any atom is 0.252 e. The first-order valence-corrected chi connectivity index (χ1v) is 8.92. The Kier molecular flexibility index (Phi) is 4.51. The quantitative estimate of drug-likeness (QED) is 0.706. The van der Waals surface area contributed by atoms with Crippen molar-refractivity contribution in [2.24, 2.45) is 0 Å². The highest BCUT2D eigenvalue weighted by molar-refractivity contribution is 5.79. The number of carbonyl (C=O) groups is 1. The minimum Gasteiger partial charge on any atom is -0.494 e. The maximum atomic E-state index is 12.9. The molecule has 0 saturated carbocycles. The molecule has 7 nitrogen and oxygen atoms in total. The summed E-state index contributed by atoms with van der Waals surface area (Å²) in [6.07, 6.45) is 5.51. The van der Waals surface area contributed by atoms with Gasteiger partial charge in [-0.15, -0.1) is 0 Å². The molecule has 1 fully saturated rings. The van der Waals surface area contributed by atoms with E-state index in [1.165, 1.54) is 6.33 Å². The number of benzene rings is 1. The van der Waals surface area contributed by atoms with Gasteiger partial charge in [0.2, 0.25) is 5.91 Å². The minimum atomic E-state index is 0.0115. The number of hydrogen-bond acceptors (Lipinski definition) is 5. The predicted molar refractivity (Wildman–Crippen MR) is 95.8 cm³/mol. The topological polar surface area (TPSA) is 72.6 Å². The van der Waals surface area contributed by atoms with E-state index in [1.54, 1.807) is 10.7 Å². The Morgan fingerprint density at radius 1 is 1.23 bits per heavy atom. The highest BCUT2D eigenvalue weighted by Crippen LogP contribution is 2.32. The molecule has 1 aliphatic heterocycles. The molecule has 26 heavy (non-hydrogen) atoms. The third-order valence-corrected chi connectivity index (χ3v) is 4.71. The molecular formula is C19H21N5O2. The van der Waals surface area contributed by atoms with Crippen LogP contribution in [0.3, 0.4) is 0 Å². The molecule has 3 aromatic rings. The predicted octanol–water partition coefficient (Wildman–Crippen LogP) is 2.43. The zero-order valence-electron chi connectivity index (χ0n) is 14.7. The smallest absolute Gasteiger partial charge is 0.252 e. The molecule has 1 saturated heterocycles. The average molecular weight is 351 g/mol. The van der Waals surface area contributed by atoms with Gasteiger partial charge in [-0.1, -0.05) is 12.1 Å². The summed E-state index contributed by atoms with van der Waals surface area (Å²) in [5.74, 6) is 1.52. The summed E-state index contributed by atoms with van der Waals surface area (Å²) >= 11 is 0. The molecule has 0 N–H and O–H groups in total. The zero-order chi connectivity index (χ0) is 17.9. The van der Waals surface area contributed by atoms with Crippen molar-refractivity contribution in [1.29, 1.82) is 0 Å². The first-order chi connectivity index (χ1) is 12.8. The van der Waals surface area contributed by atoms with Crippen LogP contribution >= 0.6 is 0 Å². The van der Waals surface area contributed by atoms with E-state index in [9.17, 15) is 4.79 Å². The van der Waals surface area contributed by atoms with Crippen LogP contribution in [0.1, 0.15) is 37.1 Å². The second-order valence-corrected chi connectivity index (χ2v) is 6.34. The lowest BCUT2D eigenvalue weighted by molar-refractivity contribution is -0.131. The minimum absolute atomic E-state index is 0.0115. The molecule has 134 valence electrons. The summed E-state index contributed by atoms with van der Waals surface area (Å²) in [6.45, 7) is 3.35. The molecule has 4 rings (SSSR count).